The summed E-state index contributed by atoms with van der Waals surface area (Å²) in [6.45, 7) is -0.359. The largest absolute Gasteiger partial charge is 0.497 e. The number of hydrogen-bond acceptors (Lipinski definition) is 7. The second-order valence-electron chi connectivity index (χ2n) is 5.31. The average Bonchev–Trinajstić information content (AvgIpc) is 3.13. The molecule has 3 aromatic rings. The molecule has 0 bridgehead atoms. The van der Waals surface area contributed by atoms with E-state index >= 15 is 0 Å². The summed E-state index contributed by atoms with van der Waals surface area (Å²) < 4.78 is 46.7. The molecular weight excluding hydrogens is 362 g/mol. The summed E-state index contributed by atoms with van der Waals surface area (Å²) >= 11 is 0. The molecule has 0 unspecified atom stereocenters. The minimum atomic E-state index is -0.921. The zero-order valence-corrected chi connectivity index (χ0v) is 14.4. The topological polar surface area (TPSA) is 83.7 Å². The Hall–Kier alpha value is -3.49. The van der Waals surface area contributed by atoms with Gasteiger partial charge in [-0.1, -0.05) is 5.16 Å². The second kappa shape index (κ2) is 7.81. The molecule has 0 saturated carbocycles. The third kappa shape index (κ3) is 4.20. The van der Waals surface area contributed by atoms with E-state index in [2.05, 4.69) is 10.1 Å². The van der Waals surface area contributed by atoms with Crippen LogP contribution in [0.2, 0.25) is 0 Å². The van der Waals surface area contributed by atoms with Crippen molar-refractivity contribution in [2.75, 3.05) is 14.2 Å². The number of hydrogen-bond donors (Lipinski definition) is 0. The highest BCUT2D eigenvalue weighted by atomic mass is 19.1. The van der Waals surface area contributed by atoms with Crippen LogP contribution in [-0.2, 0) is 11.3 Å². The van der Waals surface area contributed by atoms with E-state index in [4.69, 9.17) is 18.7 Å². The van der Waals surface area contributed by atoms with E-state index < -0.39 is 17.6 Å². The first-order valence-corrected chi connectivity index (χ1v) is 7.68. The minimum absolute atomic E-state index is 0.00750. The maximum Gasteiger partial charge on any atom is 0.338 e. The van der Waals surface area contributed by atoms with Crippen molar-refractivity contribution >= 4 is 5.97 Å². The van der Waals surface area contributed by atoms with Gasteiger partial charge in [0.2, 0.25) is 5.82 Å². The number of ether oxygens (including phenoxy) is 3. The van der Waals surface area contributed by atoms with Gasteiger partial charge in [-0.2, -0.15) is 4.98 Å². The molecule has 7 nitrogen and oxygen atoms in total. The van der Waals surface area contributed by atoms with Crippen molar-refractivity contribution in [3.8, 4) is 22.9 Å². The smallest absolute Gasteiger partial charge is 0.338 e. The van der Waals surface area contributed by atoms with Gasteiger partial charge in [0.1, 0.15) is 23.1 Å². The SMILES string of the molecule is COc1ccc(-c2noc(COC(=O)c3cc(F)cc(F)c3)n2)c(OC)c1. The molecule has 1 aromatic heterocycles. The third-order valence-corrected chi connectivity index (χ3v) is 3.54. The van der Waals surface area contributed by atoms with Crippen LogP contribution in [0.5, 0.6) is 11.5 Å². The van der Waals surface area contributed by atoms with E-state index in [9.17, 15) is 13.6 Å². The van der Waals surface area contributed by atoms with Crippen LogP contribution in [0, 0.1) is 11.6 Å². The lowest BCUT2D eigenvalue weighted by Gasteiger charge is -2.07. The predicted octanol–water partition coefficient (Wildman–Crippen LogP) is 3.39. The summed E-state index contributed by atoms with van der Waals surface area (Å²) in [5, 5.41) is 3.81. The number of carbonyl (C=O) groups is 1. The van der Waals surface area contributed by atoms with Crippen molar-refractivity contribution in [2.24, 2.45) is 0 Å². The molecule has 0 N–H and O–H groups in total. The minimum Gasteiger partial charge on any atom is -0.497 e. The Labute approximate surface area is 152 Å². The molecule has 0 atom stereocenters. The van der Waals surface area contributed by atoms with Gasteiger partial charge in [0.25, 0.3) is 5.89 Å². The standard InChI is InChI=1S/C18H14F2N2O5/c1-24-13-3-4-14(15(8-13)25-2)17-21-16(27-22-17)9-26-18(23)10-5-11(19)7-12(20)6-10/h3-8H,9H2,1-2H3. The molecule has 0 amide bonds. The highest BCUT2D eigenvalue weighted by Gasteiger charge is 2.16. The van der Waals surface area contributed by atoms with Gasteiger partial charge in [-0.05, 0) is 24.3 Å². The van der Waals surface area contributed by atoms with Gasteiger partial charge < -0.3 is 18.7 Å². The first-order chi connectivity index (χ1) is 13.0. The van der Waals surface area contributed by atoms with Gasteiger partial charge >= 0.3 is 5.97 Å². The molecule has 140 valence electrons. The highest BCUT2D eigenvalue weighted by Crippen LogP contribution is 2.31. The normalized spacial score (nSPS) is 10.5. The predicted molar refractivity (Wildman–Crippen MR) is 88.3 cm³/mol. The maximum absolute atomic E-state index is 13.2. The molecule has 0 aliphatic rings. The van der Waals surface area contributed by atoms with Gasteiger partial charge in [-0.25, -0.2) is 13.6 Å². The summed E-state index contributed by atoms with van der Waals surface area (Å²) in [5.74, 6) is -1.40. The Morgan fingerprint density at radius 1 is 1.07 bits per heavy atom. The number of methoxy groups -OCH3 is 2. The van der Waals surface area contributed by atoms with E-state index in [1.807, 2.05) is 0 Å². The van der Waals surface area contributed by atoms with Crippen LogP contribution in [-0.4, -0.2) is 30.3 Å². The quantitative estimate of drug-likeness (QED) is 0.610. The summed E-state index contributed by atoms with van der Waals surface area (Å²) in [5.41, 5.74) is 0.288. The Balaban J connectivity index is 1.72. The number of nitrogens with zero attached hydrogens (tertiary/aromatic N) is 2. The fourth-order valence-corrected chi connectivity index (χ4v) is 2.29. The first kappa shape index (κ1) is 18.3. The molecule has 0 aliphatic carbocycles. The lowest BCUT2D eigenvalue weighted by atomic mass is 10.2. The number of rotatable bonds is 6. The lowest BCUT2D eigenvalue weighted by molar-refractivity contribution is 0.0428. The maximum atomic E-state index is 13.2. The van der Waals surface area contributed by atoms with Crippen LogP contribution in [0.4, 0.5) is 8.78 Å². The van der Waals surface area contributed by atoms with Gasteiger partial charge in [-0.3, -0.25) is 0 Å². The van der Waals surface area contributed by atoms with Crippen molar-refractivity contribution in [1.82, 2.24) is 10.1 Å². The molecule has 1 heterocycles. The van der Waals surface area contributed by atoms with Crippen LogP contribution in [0.25, 0.3) is 11.4 Å². The zero-order valence-electron chi connectivity index (χ0n) is 14.4. The van der Waals surface area contributed by atoms with E-state index in [0.29, 0.717) is 23.1 Å². The fourth-order valence-electron chi connectivity index (χ4n) is 2.29. The third-order valence-electron chi connectivity index (χ3n) is 3.54. The Morgan fingerprint density at radius 2 is 1.81 bits per heavy atom. The molecule has 0 spiro atoms. The van der Waals surface area contributed by atoms with Crippen LogP contribution in [0.1, 0.15) is 16.2 Å². The molecule has 3 rings (SSSR count). The fraction of sp³-hybridized carbons (Fsp3) is 0.167. The summed E-state index contributed by atoms with van der Waals surface area (Å²) in [6, 6.07) is 7.44. The molecule has 2 aromatic carbocycles. The molecule has 9 heteroatoms. The number of esters is 1. The van der Waals surface area contributed by atoms with Crippen molar-refractivity contribution in [3.63, 3.8) is 0 Å². The second-order valence-corrected chi connectivity index (χ2v) is 5.31. The summed E-state index contributed by atoms with van der Waals surface area (Å²) in [6.07, 6.45) is 0. The van der Waals surface area contributed by atoms with Crippen molar-refractivity contribution in [2.45, 2.75) is 6.61 Å². The number of carbonyl (C=O) groups excluding carboxylic acids is 1. The summed E-state index contributed by atoms with van der Waals surface area (Å²) in [7, 11) is 3.01. The molecule has 27 heavy (non-hydrogen) atoms. The van der Waals surface area contributed by atoms with Crippen molar-refractivity contribution in [1.29, 1.82) is 0 Å². The van der Waals surface area contributed by atoms with Gasteiger partial charge in [0.05, 0.1) is 25.3 Å². The lowest BCUT2D eigenvalue weighted by Crippen LogP contribution is -2.06. The molecule has 0 fully saturated rings. The highest BCUT2D eigenvalue weighted by molar-refractivity contribution is 5.89. The van der Waals surface area contributed by atoms with Crippen LogP contribution in [0.15, 0.2) is 40.9 Å². The van der Waals surface area contributed by atoms with Crippen molar-refractivity contribution in [3.05, 3.63) is 59.5 Å². The molecule has 0 saturated heterocycles. The average molecular weight is 376 g/mol. The van der Waals surface area contributed by atoms with E-state index in [0.717, 1.165) is 12.1 Å². The van der Waals surface area contributed by atoms with E-state index in [1.54, 1.807) is 18.2 Å². The molecular formula is C18H14F2N2O5. The number of benzene rings is 2. The Kier molecular flexibility index (Phi) is 5.30. The monoisotopic (exact) mass is 376 g/mol. The summed E-state index contributed by atoms with van der Waals surface area (Å²) in [4.78, 5) is 16.0. The van der Waals surface area contributed by atoms with E-state index in [1.165, 1.54) is 14.2 Å². The van der Waals surface area contributed by atoms with Gasteiger partial charge in [-0.15, -0.1) is 0 Å². The number of aromatic nitrogens is 2. The molecule has 0 radical (unpaired) electrons. The van der Waals surface area contributed by atoms with Crippen molar-refractivity contribution < 1.29 is 32.3 Å². The van der Waals surface area contributed by atoms with Crippen LogP contribution < -0.4 is 9.47 Å². The number of halogens is 2. The van der Waals surface area contributed by atoms with E-state index in [-0.39, 0.29) is 23.9 Å². The van der Waals surface area contributed by atoms with Gasteiger partial charge in [0, 0.05) is 12.1 Å². The van der Waals surface area contributed by atoms with Gasteiger partial charge in [0.15, 0.2) is 6.61 Å². The Bertz CT molecular complexity index is 954. The molecule has 0 aliphatic heterocycles. The zero-order chi connectivity index (χ0) is 19.4. The van der Waals surface area contributed by atoms with Crippen LogP contribution in [0.3, 0.4) is 0 Å². The van der Waals surface area contributed by atoms with Crippen LogP contribution >= 0.6 is 0 Å². The first-order valence-electron chi connectivity index (χ1n) is 7.68. The Morgan fingerprint density at radius 3 is 2.48 bits per heavy atom.